The fourth-order valence-corrected chi connectivity index (χ4v) is 12.3. The van der Waals surface area contributed by atoms with Crippen LogP contribution in [0.15, 0.2) is 72.8 Å². The van der Waals surface area contributed by atoms with Crippen LogP contribution in [0.4, 0.5) is 0 Å². The maximum absolute atomic E-state index is 6.26. The van der Waals surface area contributed by atoms with Crippen LogP contribution in [0.2, 0.25) is 0 Å². The Morgan fingerprint density at radius 1 is 0.415 bits per heavy atom. The first-order valence-corrected chi connectivity index (χ1v) is 17.9. The highest BCUT2D eigenvalue weighted by atomic mass is 31.1. The van der Waals surface area contributed by atoms with E-state index in [2.05, 4.69) is 72.8 Å². The van der Waals surface area contributed by atoms with Gasteiger partial charge in [0.25, 0.3) is 0 Å². The van der Waals surface area contributed by atoms with Crippen molar-refractivity contribution in [2.45, 2.75) is 32.1 Å². The minimum Gasteiger partial charge on any atom is -0.492 e. The van der Waals surface area contributed by atoms with Crippen molar-refractivity contribution >= 4 is 37.1 Å². The third-order valence-corrected chi connectivity index (χ3v) is 14.0. The number of ether oxygens (including phenoxy) is 4. The molecule has 0 unspecified atom stereocenters. The molecule has 0 saturated heterocycles. The molecule has 6 heteroatoms. The maximum Gasteiger partial charge on any atom is 0.130 e. The second kappa shape index (κ2) is 11.0. The molecule has 0 aliphatic carbocycles. The lowest BCUT2D eigenvalue weighted by atomic mass is 10.2. The van der Waals surface area contributed by atoms with Crippen molar-refractivity contribution in [1.29, 1.82) is 0 Å². The second-order valence-electron chi connectivity index (χ2n) is 11.1. The van der Waals surface area contributed by atoms with Gasteiger partial charge in [0.15, 0.2) is 0 Å². The molecule has 4 nitrogen and oxygen atoms in total. The molecule has 8 rings (SSSR count). The summed E-state index contributed by atoms with van der Waals surface area (Å²) in [5.74, 6) is 4.50. The molecule has 4 aliphatic heterocycles. The second-order valence-corrected chi connectivity index (χ2v) is 15.6. The molecule has 0 bridgehead atoms. The molecule has 4 aromatic carbocycles. The molecule has 0 aromatic heterocycles. The molecule has 41 heavy (non-hydrogen) atoms. The molecule has 208 valence electrons. The SMILES string of the molecule is c1cc2c(c(P(CCCP(c3cccc4c3OCC4)c3cccc4c3OCC4)c3cccc4c3OCC4)c1)OCC2. The van der Waals surface area contributed by atoms with Gasteiger partial charge in [0, 0.05) is 46.9 Å². The Balaban J connectivity index is 1.16. The van der Waals surface area contributed by atoms with E-state index in [0.717, 1.165) is 93.9 Å². The molecule has 4 aromatic rings. The third-order valence-electron chi connectivity index (χ3n) is 8.70. The van der Waals surface area contributed by atoms with Crippen LogP contribution in [0, 0.1) is 0 Å². The lowest BCUT2D eigenvalue weighted by molar-refractivity contribution is 0.358. The molecular weight excluding hydrogens is 546 g/mol. The number of fused-ring (bicyclic) bond motifs is 4. The van der Waals surface area contributed by atoms with Crippen molar-refractivity contribution < 1.29 is 18.9 Å². The van der Waals surface area contributed by atoms with Crippen LogP contribution >= 0.6 is 15.8 Å². The first-order chi connectivity index (χ1) is 20.3. The minimum absolute atomic E-state index is 0.637. The van der Waals surface area contributed by atoms with Crippen LogP contribution in [0.3, 0.4) is 0 Å². The van der Waals surface area contributed by atoms with Crippen molar-refractivity contribution in [3.05, 3.63) is 95.1 Å². The molecule has 0 spiro atoms. The van der Waals surface area contributed by atoms with Gasteiger partial charge in [0.2, 0.25) is 0 Å². The van der Waals surface area contributed by atoms with E-state index < -0.39 is 15.8 Å². The van der Waals surface area contributed by atoms with E-state index >= 15 is 0 Å². The largest absolute Gasteiger partial charge is 0.492 e. The predicted molar refractivity (Wildman–Crippen MR) is 169 cm³/mol. The Bertz CT molecular complexity index is 1380. The van der Waals surface area contributed by atoms with Crippen LogP contribution in [0.1, 0.15) is 28.7 Å². The van der Waals surface area contributed by atoms with Crippen LogP contribution in [-0.4, -0.2) is 38.8 Å². The van der Waals surface area contributed by atoms with Gasteiger partial charge in [-0.3, -0.25) is 0 Å². The number of hydrogen-bond donors (Lipinski definition) is 0. The summed E-state index contributed by atoms with van der Waals surface area (Å²) in [7, 11) is -1.27. The van der Waals surface area contributed by atoms with Gasteiger partial charge in [-0.1, -0.05) is 72.8 Å². The minimum atomic E-state index is -0.637. The van der Waals surface area contributed by atoms with Gasteiger partial charge in [-0.15, -0.1) is 0 Å². The van der Waals surface area contributed by atoms with E-state index in [-0.39, 0.29) is 0 Å². The predicted octanol–water partition coefficient (Wildman–Crippen LogP) is 5.38. The van der Waals surface area contributed by atoms with E-state index in [0.29, 0.717) is 0 Å². The van der Waals surface area contributed by atoms with Gasteiger partial charge in [0.05, 0.1) is 26.4 Å². The van der Waals surface area contributed by atoms with Crippen molar-refractivity contribution in [2.75, 3.05) is 38.8 Å². The zero-order valence-corrected chi connectivity index (χ0v) is 25.0. The van der Waals surface area contributed by atoms with Crippen molar-refractivity contribution in [1.82, 2.24) is 0 Å². The summed E-state index contributed by atoms with van der Waals surface area (Å²) < 4.78 is 25.1. The lowest BCUT2D eigenvalue weighted by Gasteiger charge is -2.26. The smallest absolute Gasteiger partial charge is 0.130 e. The first kappa shape index (κ1) is 25.6. The average molecular weight is 581 g/mol. The summed E-state index contributed by atoms with van der Waals surface area (Å²) in [5, 5.41) is 5.49. The Morgan fingerprint density at radius 2 is 0.707 bits per heavy atom. The molecule has 0 radical (unpaired) electrons. The normalized spacial score (nSPS) is 16.0. The summed E-state index contributed by atoms with van der Waals surface area (Å²) in [4.78, 5) is 0. The number of rotatable bonds is 8. The van der Waals surface area contributed by atoms with Gasteiger partial charge in [0.1, 0.15) is 23.0 Å². The molecular formula is C35H34O4P2. The highest BCUT2D eigenvalue weighted by molar-refractivity contribution is 7.74. The molecule has 0 fully saturated rings. The zero-order valence-electron chi connectivity index (χ0n) is 23.2. The number of hydrogen-bond acceptors (Lipinski definition) is 4. The lowest BCUT2D eigenvalue weighted by Crippen LogP contribution is -2.20. The Morgan fingerprint density at radius 3 is 1.00 bits per heavy atom. The fraction of sp³-hybridized carbons (Fsp3) is 0.314. The van der Waals surface area contributed by atoms with Gasteiger partial charge >= 0.3 is 0 Å². The van der Waals surface area contributed by atoms with Crippen LogP contribution in [0.25, 0.3) is 0 Å². The molecule has 0 saturated carbocycles. The van der Waals surface area contributed by atoms with Crippen molar-refractivity contribution in [2.24, 2.45) is 0 Å². The Hall–Kier alpha value is -3.06. The summed E-state index contributed by atoms with van der Waals surface area (Å²) in [6, 6.07) is 27.1. The topological polar surface area (TPSA) is 36.9 Å². The molecule has 0 N–H and O–H groups in total. The summed E-state index contributed by atoms with van der Waals surface area (Å²) in [6.07, 6.45) is 7.30. The highest BCUT2D eigenvalue weighted by Gasteiger charge is 2.31. The molecule has 4 aliphatic rings. The number of para-hydroxylation sites is 4. The third kappa shape index (κ3) is 4.61. The highest BCUT2D eigenvalue weighted by Crippen LogP contribution is 2.48. The monoisotopic (exact) mass is 580 g/mol. The average Bonchev–Trinajstić information content (AvgIpc) is 3.83. The van der Waals surface area contributed by atoms with Gasteiger partial charge in [-0.05, 0) is 56.8 Å². The zero-order chi connectivity index (χ0) is 27.2. The van der Waals surface area contributed by atoms with Crippen LogP contribution < -0.4 is 40.2 Å². The quantitative estimate of drug-likeness (QED) is 0.262. The molecule has 0 atom stereocenters. The molecule has 0 amide bonds. The van der Waals surface area contributed by atoms with Gasteiger partial charge in [-0.2, -0.15) is 0 Å². The number of benzene rings is 4. The van der Waals surface area contributed by atoms with Gasteiger partial charge in [-0.25, -0.2) is 0 Å². The Labute approximate surface area is 244 Å². The van der Waals surface area contributed by atoms with E-state index in [1.165, 1.54) is 43.5 Å². The van der Waals surface area contributed by atoms with Crippen molar-refractivity contribution in [3.63, 3.8) is 0 Å². The fourth-order valence-electron chi connectivity index (χ4n) is 6.77. The summed E-state index contributed by atoms with van der Waals surface area (Å²) in [5.41, 5.74) is 5.39. The maximum atomic E-state index is 6.26. The van der Waals surface area contributed by atoms with E-state index in [1.807, 2.05) is 0 Å². The van der Waals surface area contributed by atoms with Crippen LogP contribution in [-0.2, 0) is 25.7 Å². The molecule has 4 heterocycles. The van der Waals surface area contributed by atoms with E-state index in [1.54, 1.807) is 0 Å². The van der Waals surface area contributed by atoms with Crippen molar-refractivity contribution in [3.8, 4) is 23.0 Å². The van der Waals surface area contributed by atoms with E-state index in [9.17, 15) is 0 Å². The van der Waals surface area contributed by atoms with E-state index in [4.69, 9.17) is 18.9 Å². The standard InChI is InChI=1S/C35H34O4P2/c1-6-24-14-18-36-32(24)28(10-1)40(29-11-2-7-25-15-19-37-33(25)29)22-5-23-41(30-12-3-8-26-16-20-38-34(26)30)31-13-4-9-27-17-21-39-35(27)31/h1-4,6-13H,5,14-23H2. The van der Waals surface area contributed by atoms with Crippen LogP contribution in [0.5, 0.6) is 23.0 Å². The van der Waals surface area contributed by atoms with Gasteiger partial charge < -0.3 is 18.9 Å². The Kier molecular flexibility index (Phi) is 6.86. The first-order valence-electron chi connectivity index (χ1n) is 14.9. The summed E-state index contributed by atoms with van der Waals surface area (Å²) >= 11 is 0. The summed E-state index contributed by atoms with van der Waals surface area (Å²) in [6.45, 7) is 3.12.